The van der Waals surface area contributed by atoms with Gasteiger partial charge >= 0.3 is 5.97 Å². The third-order valence-corrected chi connectivity index (χ3v) is 8.52. The predicted molar refractivity (Wildman–Crippen MR) is 120 cm³/mol. The topological polar surface area (TPSA) is 55.4 Å². The van der Waals surface area contributed by atoms with Crippen molar-refractivity contribution in [3.8, 4) is 0 Å². The second-order valence-corrected chi connectivity index (χ2v) is 10.4. The summed E-state index contributed by atoms with van der Waals surface area (Å²) in [5, 5.41) is 5.74. The summed E-state index contributed by atoms with van der Waals surface area (Å²) in [4.78, 5) is 28.4. The molecule has 6 heteroatoms. The molecule has 0 radical (unpaired) electrons. The molecule has 0 saturated carbocycles. The number of hydrogen-bond donors (Lipinski definition) is 1. The van der Waals surface area contributed by atoms with Crippen molar-refractivity contribution in [1.82, 2.24) is 0 Å². The van der Waals surface area contributed by atoms with Crippen LogP contribution in [0.15, 0.2) is 5.38 Å². The van der Waals surface area contributed by atoms with Gasteiger partial charge in [0.1, 0.15) is 5.00 Å². The van der Waals surface area contributed by atoms with E-state index in [0.717, 1.165) is 56.1 Å². The molecule has 29 heavy (non-hydrogen) atoms. The normalized spacial score (nSPS) is 20.7. The van der Waals surface area contributed by atoms with E-state index in [-0.39, 0.29) is 11.9 Å². The number of nitrogens with one attached hydrogen (secondary N) is 1. The van der Waals surface area contributed by atoms with Crippen molar-refractivity contribution in [3.05, 3.63) is 37.4 Å². The second kappa shape index (κ2) is 8.60. The molecule has 1 N–H and O–H groups in total. The minimum atomic E-state index is -0.309. The van der Waals surface area contributed by atoms with Gasteiger partial charge in [0, 0.05) is 15.1 Å². The highest BCUT2D eigenvalue weighted by Gasteiger charge is 2.31. The Labute approximate surface area is 180 Å². The van der Waals surface area contributed by atoms with Gasteiger partial charge in [-0.15, -0.1) is 22.7 Å². The molecule has 0 bridgehead atoms. The molecule has 2 atom stereocenters. The number of rotatable bonds is 5. The van der Waals surface area contributed by atoms with Crippen LogP contribution in [-0.2, 0) is 30.4 Å². The summed E-state index contributed by atoms with van der Waals surface area (Å²) in [5.41, 5.74) is 3.67. The van der Waals surface area contributed by atoms with Gasteiger partial charge < -0.3 is 10.1 Å². The van der Waals surface area contributed by atoms with Crippen LogP contribution in [0, 0.1) is 11.8 Å². The quantitative estimate of drug-likeness (QED) is 0.602. The van der Waals surface area contributed by atoms with E-state index < -0.39 is 0 Å². The van der Waals surface area contributed by atoms with Crippen LogP contribution in [0.4, 0.5) is 5.00 Å². The molecule has 2 aromatic rings. The van der Waals surface area contributed by atoms with Crippen LogP contribution in [0.5, 0.6) is 0 Å². The van der Waals surface area contributed by atoms with E-state index in [4.69, 9.17) is 4.74 Å². The molecule has 0 saturated heterocycles. The van der Waals surface area contributed by atoms with Gasteiger partial charge in [-0.1, -0.05) is 20.3 Å². The molecule has 1 amide bonds. The van der Waals surface area contributed by atoms with E-state index in [1.807, 2.05) is 12.3 Å². The first-order valence-corrected chi connectivity index (χ1v) is 12.4. The van der Waals surface area contributed by atoms with E-state index in [9.17, 15) is 9.59 Å². The maximum Gasteiger partial charge on any atom is 0.341 e. The lowest BCUT2D eigenvalue weighted by molar-refractivity contribution is 0.0526. The standard InChI is InChI=1S/C23H29NO3S2/c1-4-14-7-9-16-19(11-14)29-22(20(16)23(26)27-5-2)24-21(25)17-12-28-18-10-13(3)6-8-15(17)18/h12-14H,4-11H2,1-3H3,(H,24,25)/t13-,14-/m1/s1. The summed E-state index contributed by atoms with van der Waals surface area (Å²) >= 11 is 3.26. The number of thiophene rings is 2. The molecule has 0 spiro atoms. The Bertz CT molecular complexity index is 927. The number of fused-ring (bicyclic) bond motifs is 2. The van der Waals surface area contributed by atoms with Gasteiger partial charge in [0.25, 0.3) is 5.91 Å². The molecule has 0 aromatic carbocycles. The van der Waals surface area contributed by atoms with Gasteiger partial charge in [-0.25, -0.2) is 4.79 Å². The van der Waals surface area contributed by atoms with E-state index in [2.05, 4.69) is 19.2 Å². The van der Waals surface area contributed by atoms with Crippen molar-refractivity contribution in [2.75, 3.05) is 11.9 Å². The molecule has 2 heterocycles. The zero-order valence-electron chi connectivity index (χ0n) is 17.4. The fraction of sp³-hybridized carbons (Fsp3) is 0.565. The fourth-order valence-corrected chi connectivity index (χ4v) is 7.14. The largest absolute Gasteiger partial charge is 0.462 e. The van der Waals surface area contributed by atoms with Gasteiger partial charge in [-0.05, 0) is 68.4 Å². The van der Waals surface area contributed by atoms with Crippen molar-refractivity contribution < 1.29 is 14.3 Å². The molecule has 2 aliphatic rings. The molecule has 2 aliphatic carbocycles. The van der Waals surface area contributed by atoms with Crippen molar-refractivity contribution in [2.45, 2.75) is 65.7 Å². The van der Waals surface area contributed by atoms with E-state index in [0.29, 0.717) is 29.0 Å². The first kappa shape index (κ1) is 20.6. The van der Waals surface area contributed by atoms with E-state index >= 15 is 0 Å². The number of anilines is 1. The zero-order valence-corrected chi connectivity index (χ0v) is 19.1. The Morgan fingerprint density at radius 3 is 2.69 bits per heavy atom. The SMILES string of the molecule is CCOC(=O)c1c(NC(=O)c2csc3c2CC[C@@H](C)C3)sc2c1CC[C@@H](CC)C2. The predicted octanol–water partition coefficient (Wildman–Crippen LogP) is 5.88. The molecule has 0 unspecified atom stereocenters. The Kier molecular flexibility index (Phi) is 6.11. The van der Waals surface area contributed by atoms with Crippen molar-refractivity contribution >= 4 is 39.6 Å². The first-order chi connectivity index (χ1) is 14.0. The number of esters is 1. The fourth-order valence-electron chi connectivity index (χ4n) is 4.55. The minimum Gasteiger partial charge on any atom is -0.462 e. The smallest absolute Gasteiger partial charge is 0.341 e. The number of hydrogen-bond acceptors (Lipinski definition) is 5. The minimum absolute atomic E-state index is 0.0896. The summed E-state index contributed by atoms with van der Waals surface area (Å²) in [7, 11) is 0. The Morgan fingerprint density at radius 1 is 1.14 bits per heavy atom. The summed E-state index contributed by atoms with van der Waals surface area (Å²) in [5.74, 6) is 0.943. The lowest BCUT2D eigenvalue weighted by Gasteiger charge is -2.21. The van der Waals surface area contributed by atoms with Crippen LogP contribution in [0.25, 0.3) is 0 Å². The number of carbonyl (C=O) groups is 2. The summed E-state index contributed by atoms with van der Waals surface area (Å²) in [6.45, 7) is 6.65. The third kappa shape index (κ3) is 4.02. The Hall–Kier alpha value is -1.66. The maximum absolute atomic E-state index is 13.1. The molecule has 0 fully saturated rings. The average molecular weight is 432 g/mol. The van der Waals surface area contributed by atoms with Crippen molar-refractivity contribution in [1.29, 1.82) is 0 Å². The second-order valence-electron chi connectivity index (χ2n) is 8.30. The van der Waals surface area contributed by atoms with Gasteiger partial charge in [0.2, 0.25) is 0 Å². The van der Waals surface area contributed by atoms with Crippen molar-refractivity contribution in [2.24, 2.45) is 11.8 Å². The molecule has 4 rings (SSSR count). The van der Waals surface area contributed by atoms with Crippen molar-refractivity contribution in [3.63, 3.8) is 0 Å². The number of carbonyl (C=O) groups excluding carboxylic acids is 2. The van der Waals surface area contributed by atoms with Gasteiger partial charge in [0.15, 0.2) is 0 Å². The monoisotopic (exact) mass is 431 g/mol. The van der Waals surface area contributed by atoms with E-state index in [1.54, 1.807) is 22.7 Å². The summed E-state index contributed by atoms with van der Waals surface area (Å²) in [6, 6.07) is 0. The third-order valence-electron chi connectivity index (χ3n) is 6.30. The molecular formula is C23H29NO3S2. The average Bonchev–Trinajstić information content (AvgIpc) is 3.27. The summed E-state index contributed by atoms with van der Waals surface area (Å²) < 4.78 is 5.34. The van der Waals surface area contributed by atoms with Crippen LogP contribution in [-0.4, -0.2) is 18.5 Å². The Balaban J connectivity index is 1.64. The Morgan fingerprint density at radius 2 is 1.93 bits per heavy atom. The molecule has 0 aliphatic heterocycles. The van der Waals surface area contributed by atoms with E-state index in [1.165, 1.54) is 15.3 Å². The van der Waals surface area contributed by atoms with Gasteiger partial charge in [0.05, 0.1) is 17.7 Å². The lowest BCUT2D eigenvalue weighted by Crippen LogP contribution is -2.18. The zero-order chi connectivity index (χ0) is 20.5. The van der Waals surface area contributed by atoms with Crippen LogP contribution < -0.4 is 5.32 Å². The summed E-state index contributed by atoms with van der Waals surface area (Å²) in [6.07, 6.45) is 7.28. The highest BCUT2D eigenvalue weighted by Crippen LogP contribution is 2.41. The number of ether oxygens (including phenoxy) is 1. The van der Waals surface area contributed by atoms with Gasteiger partial charge in [-0.3, -0.25) is 4.79 Å². The number of amides is 1. The molecule has 4 nitrogen and oxygen atoms in total. The molecule has 2 aromatic heterocycles. The van der Waals surface area contributed by atoms with Crippen LogP contribution in [0.1, 0.15) is 81.6 Å². The maximum atomic E-state index is 13.1. The van der Waals surface area contributed by atoms with Gasteiger partial charge in [-0.2, -0.15) is 0 Å². The molecular weight excluding hydrogens is 402 g/mol. The van der Waals surface area contributed by atoms with Crippen LogP contribution >= 0.6 is 22.7 Å². The first-order valence-electron chi connectivity index (χ1n) is 10.7. The van der Waals surface area contributed by atoms with Crippen LogP contribution in [0.3, 0.4) is 0 Å². The highest BCUT2D eigenvalue weighted by atomic mass is 32.1. The molecule has 156 valence electrons. The lowest BCUT2D eigenvalue weighted by atomic mass is 9.85. The highest BCUT2D eigenvalue weighted by molar-refractivity contribution is 7.17. The van der Waals surface area contributed by atoms with Crippen LogP contribution in [0.2, 0.25) is 0 Å².